The molecule has 1 aromatic carbocycles. The number of nitrogens with one attached hydrogen (secondary N) is 1. The quantitative estimate of drug-likeness (QED) is 0.712. The van der Waals surface area contributed by atoms with Crippen LogP contribution in [0.1, 0.15) is 26.2 Å². The summed E-state index contributed by atoms with van der Waals surface area (Å²) in [6.07, 6.45) is 1.67. The molecule has 2 fully saturated rings. The average Bonchev–Trinajstić information content (AvgIpc) is 2.87. The smallest absolute Gasteiger partial charge is 0.234 e. The van der Waals surface area contributed by atoms with Gasteiger partial charge >= 0.3 is 0 Å². The zero-order valence-electron chi connectivity index (χ0n) is 16.0. The highest BCUT2D eigenvalue weighted by Gasteiger charge is 2.40. The van der Waals surface area contributed by atoms with Crippen LogP contribution in [0.2, 0.25) is 0 Å². The van der Waals surface area contributed by atoms with E-state index in [2.05, 4.69) is 5.32 Å². The first-order valence-corrected chi connectivity index (χ1v) is 11.2. The summed E-state index contributed by atoms with van der Waals surface area (Å²) in [5, 5.41) is 13.7. The van der Waals surface area contributed by atoms with E-state index in [1.165, 1.54) is 24.3 Å². The van der Waals surface area contributed by atoms with Gasteiger partial charge in [0, 0.05) is 6.54 Å². The number of amides is 1. The predicted octanol–water partition coefficient (Wildman–Crippen LogP) is 0.725. The van der Waals surface area contributed by atoms with Crippen molar-refractivity contribution >= 4 is 15.7 Å². The van der Waals surface area contributed by atoms with Gasteiger partial charge in [0.15, 0.2) is 9.84 Å². The van der Waals surface area contributed by atoms with Crippen LogP contribution in [0.4, 0.5) is 4.39 Å². The molecule has 0 unspecified atom stereocenters. The minimum Gasteiger partial charge on any atom is -0.491 e. The predicted molar refractivity (Wildman–Crippen MR) is 102 cm³/mol. The maximum absolute atomic E-state index is 13.0. The Bertz CT molecular complexity index is 816. The Labute approximate surface area is 164 Å². The van der Waals surface area contributed by atoms with Crippen molar-refractivity contribution in [3.63, 3.8) is 0 Å². The highest BCUT2D eigenvalue weighted by molar-refractivity contribution is 7.91. The number of rotatable bonds is 6. The van der Waals surface area contributed by atoms with Gasteiger partial charge in [-0.25, -0.2) is 12.8 Å². The third kappa shape index (κ3) is 5.65. The summed E-state index contributed by atoms with van der Waals surface area (Å²) in [5.74, 6) is -0.0807. The standard InChI is InChI=1S/C19H27FN2O5S/c1-18(8-10-28(25,26)14-18)21-17(23)11-22-9-2-7-19(24,12-22)13-27-16-5-3-15(20)4-6-16/h3-6,24H,2,7-14H2,1H3,(H,21,23)/t18-,19+/m0/s1. The first-order valence-electron chi connectivity index (χ1n) is 9.41. The molecule has 7 nitrogen and oxygen atoms in total. The van der Waals surface area contributed by atoms with Crippen molar-refractivity contribution in [1.29, 1.82) is 0 Å². The summed E-state index contributed by atoms with van der Waals surface area (Å²) in [6, 6.07) is 5.59. The molecule has 1 aromatic rings. The monoisotopic (exact) mass is 414 g/mol. The Morgan fingerprint density at radius 1 is 1.32 bits per heavy atom. The van der Waals surface area contributed by atoms with Gasteiger partial charge in [0.2, 0.25) is 5.91 Å². The van der Waals surface area contributed by atoms with Crippen LogP contribution in [0, 0.1) is 5.82 Å². The fraction of sp³-hybridized carbons (Fsp3) is 0.632. The van der Waals surface area contributed by atoms with Gasteiger partial charge in [0.1, 0.15) is 23.8 Å². The summed E-state index contributed by atoms with van der Waals surface area (Å²) < 4.78 is 41.9. The highest BCUT2D eigenvalue weighted by Crippen LogP contribution is 2.25. The maximum Gasteiger partial charge on any atom is 0.234 e. The molecule has 0 radical (unpaired) electrons. The number of halogens is 1. The lowest BCUT2D eigenvalue weighted by atomic mass is 9.93. The Hall–Kier alpha value is -1.71. The number of carbonyl (C=O) groups is 1. The van der Waals surface area contributed by atoms with Crippen molar-refractivity contribution in [3.8, 4) is 5.75 Å². The van der Waals surface area contributed by atoms with Crippen LogP contribution >= 0.6 is 0 Å². The van der Waals surface area contributed by atoms with Gasteiger partial charge in [-0.1, -0.05) is 0 Å². The van der Waals surface area contributed by atoms with E-state index in [1.807, 2.05) is 4.90 Å². The number of β-amino-alcohol motifs (C(OH)–C–C–N with tert-alkyl or cyclic N) is 1. The van der Waals surface area contributed by atoms with Gasteiger partial charge in [-0.3, -0.25) is 9.69 Å². The van der Waals surface area contributed by atoms with Gasteiger partial charge in [0.05, 0.1) is 23.6 Å². The van der Waals surface area contributed by atoms with Gasteiger partial charge in [0.25, 0.3) is 0 Å². The van der Waals surface area contributed by atoms with Gasteiger partial charge in [-0.15, -0.1) is 0 Å². The molecule has 156 valence electrons. The van der Waals surface area contributed by atoms with Crippen LogP contribution in [-0.2, 0) is 14.6 Å². The number of aliphatic hydroxyl groups is 1. The van der Waals surface area contributed by atoms with E-state index in [9.17, 15) is 22.7 Å². The molecule has 28 heavy (non-hydrogen) atoms. The Morgan fingerprint density at radius 3 is 2.68 bits per heavy atom. The third-order valence-electron chi connectivity index (χ3n) is 5.27. The van der Waals surface area contributed by atoms with Crippen LogP contribution in [0.3, 0.4) is 0 Å². The van der Waals surface area contributed by atoms with Crippen molar-refractivity contribution in [3.05, 3.63) is 30.1 Å². The summed E-state index contributed by atoms with van der Waals surface area (Å²) in [7, 11) is -3.10. The van der Waals surface area contributed by atoms with Crippen molar-refractivity contribution < 1.29 is 27.4 Å². The SMILES string of the molecule is C[C@]1(NC(=O)CN2CCC[C@](O)(COc3ccc(F)cc3)C2)CCS(=O)(=O)C1. The fourth-order valence-corrected chi connectivity index (χ4v) is 5.99. The summed E-state index contributed by atoms with van der Waals surface area (Å²) in [6.45, 7) is 2.83. The molecule has 2 N–H and O–H groups in total. The molecule has 0 aromatic heterocycles. The van der Waals surface area contributed by atoms with E-state index in [0.717, 1.165) is 0 Å². The lowest BCUT2D eigenvalue weighted by molar-refractivity contribution is -0.126. The normalized spacial score (nSPS) is 30.1. The van der Waals surface area contributed by atoms with Crippen LogP contribution in [0.15, 0.2) is 24.3 Å². The second-order valence-electron chi connectivity index (χ2n) is 8.23. The minimum atomic E-state index is -3.10. The first-order chi connectivity index (χ1) is 13.1. The Morgan fingerprint density at radius 2 is 2.04 bits per heavy atom. The minimum absolute atomic E-state index is 0.0405. The molecule has 0 aliphatic carbocycles. The summed E-state index contributed by atoms with van der Waals surface area (Å²) in [5.41, 5.74) is -1.83. The third-order valence-corrected chi connectivity index (χ3v) is 7.17. The average molecular weight is 414 g/mol. The van der Waals surface area contributed by atoms with E-state index < -0.39 is 21.0 Å². The van der Waals surface area contributed by atoms with Crippen molar-refractivity contribution in [2.24, 2.45) is 0 Å². The molecule has 2 aliphatic heterocycles. The van der Waals surface area contributed by atoms with Crippen molar-refractivity contribution in [2.75, 3.05) is 37.7 Å². The van der Waals surface area contributed by atoms with E-state index in [0.29, 0.717) is 31.6 Å². The summed E-state index contributed by atoms with van der Waals surface area (Å²) >= 11 is 0. The number of piperidine rings is 1. The second kappa shape index (κ2) is 7.96. The second-order valence-corrected chi connectivity index (χ2v) is 10.4. The number of hydrogen-bond donors (Lipinski definition) is 2. The van der Waals surface area contributed by atoms with Gasteiger partial charge in [-0.2, -0.15) is 0 Å². The van der Waals surface area contributed by atoms with E-state index in [1.54, 1.807) is 6.92 Å². The number of hydrogen-bond acceptors (Lipinski definition) is 6. The topological polar surface area (TPSA) is 95.9 Å². The zero-order valence-corrected chi connectivity index (χ0v) is 16.8. The number of ether oxygens (including phenoxy) is 1. The molecule has 0 bridgehead atoms. The van der Waals surface area contributed by atoms with Crippen LogP contribution < -0.4 is 10.1 Å². The molecule has 0 spiro atoms. The number of carbonyl (C=O) groups excluding carboxylic acids is 1. The van der Waals surface area contributed by atoms with Crippen LogP contribution in [0.25, 0.3) is 0 Å². The summed E-state index contributed by atoms with van der Waals surface area (Å²) in [4.78, 5) is 14.3. The molecule has 1 amide bonds. The van der Waals surface area contributed by atoms with E-state index in [-0.39, 0.29) is 42.9 Å². The molecule has 3 rings (SSSR count). The molecule has 2 saturated heterocycles. The van der Waals surface area contributed by atoms with E-state index >= 15 is 0 Å². The number of nitrogens with zero attached hydrogens (tertiary/aromatic N) is 1. The van der Waals surface area contributed by atoms with Gasteiger partial charge < -0.3 is 15.2 Å². The number of sulfone groups is 1. The number of likely N-dealkylation sites (tertiary alicyclic amines) is 1. The molecule has 9 heteroatoms. The molecular formula is C19H27FN2O5S. The maximum atomic E-state index is 13.0. The largest absolute Gasteiger partial charge is 0.491 e. The molecular weight excluding hydrogens is 387 g/mol. The zero-order chi connectivity index (χ0) is 20.4. The lowest BCUT2D eigenvalue weighted by Crippen LogP contribution is -2.55. The van der Waals surface area contributed by atoms with Crippen LogP contribution in [-0.4, -0.2) is 73.2 Å². The molecule has 2 aliphatic rings. The number of benzene rings is 1. The first kappa shape index (κ1) is 21.0. The van der Waals surface area contributed by atoms with Gasteiger partial charge in [-0.05, 0) is 57.0 Å². The molecule has 0 saturated carbocycles. The highest BCUT2D eigenvalue weighted by atomic mass is 32.2. The van der Waals surface area contributed by atoms with Crippen molar-refractivity contribution in [1.82, 2.24) is 10.2 Å². The molecule has 2 atom stereocenters. The molecule has 2 heterocycles. The lowest BCUT2D eigenvalue weighted by Gasteiger charge is -2.39. The van der Waals surface area contributed by atoms with E-state index in [4.69, 9.17) is 4.74 Å². The van der Waals surface area contributed by atoms with Crippen molar-refractivity contribution in [2.45, 2.75) is 37.3 Å². The Balaban J connectivity index is 1.51. The Kier molecular flexibility index (Phi) is 5.97. The fourth-order valence-electron chi connectivity index (χ4n) is 3.90. The van der Waals surface area contributed by atoms with Crippen LogP contribution in [0.5, 0.6) is 5.75 Å².